The maximum Gasteiger partial charge on any atom is 0.308 e. The normalized spacial score (nSPS) is 19.4. The van der Waals surface area contributed by atoms with E-state index in [1.807, 2.05) is 55.3 Å². The maximum absolute atomic E-state index is 12.8. The molecule has 1 fully saturated rings. The summed E-state index contributed by atoms with van der Waals surface area (Å²) in [5, 5.41) is 9.66. The highest BCUT2D eigenvalue weighted by atomic mass is 16.4. The zero-order chi connectivity index (χ0) is 19.4. The molecule has 0 spiro atoms. The number of pyridine rings is 1. The van der Waals surface area contributed by atoms with Gasteiger partial charge in [0.25, 0.3) is 0 Å². The van der Waals surface area contributed by atoms with Crippen LogP contribution in [0.5, 0.6) is 0 Å². The molecule has 0 bridgehead atoms. The predicted molar refractivity (Wildman–Crippen MR) is 102 cm³/mol. The third-order valence-electron chi connectivity index (χ3n) is 5.16. The van der Waals surface area contributed by atoms with Crippen molar-refractivity contribution in [3.63, 3.8) is 0 Å². The summed E-state index contributed by atoms with van der Waals surface area (Å²) in [5.74, 6) is -1.62. The lowest BCUT2D eigenvalue weighted by molar-refractivity contribution is -0.141. The second kappa shape index (κ2) is 8.31. The largest absolute Gasteiger partial charge is 0.481 e. The Kier molecular flexibility index (Phi) is 5.86. The average Bonchev–Trinajstić information content (AvgIpc) is 3.08. The summed E-state index contributed by atoms with van der Waals surface area (Å²) in [6.07, 6.45) is 3.50. The Morgan fingerprint density at radius 3 is 2.67 bits per heavy atom. The van der Waals surface area contributed by atoms with Crippen LogP contribution in [-0.4, -0.2) is 58.4 Å². The highest BCUT2D eigenvalue weighted by Gasteiger charge is 2.40. The lowest BCUT2D eigenvalue weighted by atomic mass is 9.86. The molecule has 0 saturated carbocycles. The number of nitrogens with zero attached hydrogens (tertiary/aromatic N) is 3. The molecule has 27 heavy (non-hydrogen) atoms. The molecule has 1 saturated heterocycles. The van der Waals surface area contributed by atoms with Crippen molar-refractivity contribution in [1.82, 2.24) is 14.8 Å². The van der Waals surface area contributed by atoms with Crippen LogP contribution >= 0.6 is 0 Å². The van der Waals surface area contributed by atoms with Gasteiger partial charge in [0.15, 0.2) is 0 Å². The van der Waals surface area contributed by atoms with Crippen LogP contribution < -0.4 is 0 Å². The van der Waals surface area contributed by atoms with Gasteiger partial charge in [-0.15, -0.1) is 0 Å². The van der Waals surface area contributed by atoms with Crippen molar-refractivity contribution < 1.29 is 14.7 Å². The number of carboxylic acids is 1. The Hall–Kier alpha value is -2.73. The molecular weight excluding hydrogens is 342 g/mol. The number of carbonyl (C=O) groups excluding carboxylic acids is 1. The Bertz CT molecular complexity index is 809. The first kappa shape index (κ1) is 19.0. The molecule has 3 rings (SSSR count). The zero-order valence-corrected chi connectivity index (χ0v) is 15.7. The molecule has 2 atom stereocenters. The van der Waals surface area contributed by atoms with E-state index in [0.29, 0.717) is 13.1 Å². The minimum atomic E-state index is -0.845. The first-order valence-electron chi connectivity index (χ1n) is 9.09. The van der Waals surface area contributed by atoms with E-state index in [4.69, 9.17) is 0 Å². The minimum Gasteiger partial charge on any atom is -0.481 e. The number of likely N-dealkylation sites (N-methyl/N-ethyl adjacent to an activating group) is 1. The van der Waals surface area contributed by atoms with Crippen LogP contribution in [0.25, 0.3) is 0 Å². The Balaban J connectivity index is 1.67. The summed E-state index contributed by atoms with van der Waals surface area (Å²) in [6.45, 7) is 3.56. The summed E-state index contributed by atoms with van der Waals surface area (Å²) in [7, 11) is 1.88. The maximum atomic E-state index is 12.8. The zero-order valence-electron chi connectivity index (χ0n) is 15.7. The van der Waals surface area contributed by atoms with Gasteiger partial charge < -0.3 is 10.0 Å². The average molecular weight is 367 g/mol. The van der Waals surface area contributed by atoms with Crippen LogP contribution in [-0.2, 0) is 16.1 Å². The number of hydrogen-bond donors (Lipinski definition) is 1. The number of aryl methyl sites for hydroxylation is 1. The van der Waals surface area contributed by atoms with Crippen LogP contribution in [0.3, 0.4) is 0 Å². The molecule has 1 aromatic carbocycles. The van der Waals surface area contributed by atoms with Crippen LogP contribution in [0.4, 0.5) is 0 Å². The summed E-state index contributed by atoms with van der Waals surface area (Å²) >= 11 is 0. The quantitative estimate of drug-likeness (QED) is 0.847. The molecular formula is C21H25N3O3. The molecule has 0 unspecified atom stereocenters. The van der Waals surface area contributed by atoms with Crippen LogP contribution in [0, 0.1) is 12.8 Å². The first-order valence-corrected chi connectivity index (χ1v) is 9.09. The number of carboxylic acid groups (broad SMARTS) is 1. The van der Waals surface area contributed by atoms with Gasteiger partial charge >= 0.3 is 5.97 Å². The molecule has 0 aliphatic carbocycles. The summed E-state index contributed by atoms with van der Waals surface area (Å²) in [5.41, 5.74) is 3.12. The van der Waals surface area contributed by atoms with E-state index in [1.54, 1.807) is 17.3 Å². The van der Waals surface area contributed by atoms with Gasteiger partial charge in [-0.05, 0) is 36.7 Å². The number of benzene rings is 1. The highest BCUT2D eigenvalue weighted by molar-refractivity contribution is 5.81. The van der Waals surface area contributed by atoms with Crippen molar-refractivity contribution in [2.24, 2.45) is 5.92 Å². The molecule has 1 amide bonds. The fraction of sp³-hybridized carbons (Fsp3) is 0.381. The van der Waals surface area contributed by atoms with Crippen molar-refractivity contribution in [2.75, 3.05) is 26.7 Å². The number of aliphatic carboxylic acids is 1. The highest BCUT2D eigenvalue weighted by Crippen LogP contribution is 2.34. The van der Waals surface area contributed by atoms with E-state index in [-0.39, 0.29) is 24.9 Å². The molecule has 2 aromatic rings. The predicted octanol–water partition coefficient (Wildman–Crippen LogP) is 2.15. The van der Waals surface area contributed by atoms with Crippen molar-refractivity contribution in [3.8, 4) is 0 Å². The second-order valence-electron chi connectivity index (χ2n) is 7.24. The number of hydrogen-bond acceptors (Lipinski definition) is 4. The van der Waals surface area contributed by atoms with E-state index >= 15 is 0 Å². The number of amides is 1. The van der Waals surface area contributed by atoms with Gasteiger partial charge in [-0.3, -0.25) is 19.5 Å². The molecule has 1 aromatic heterocycles. The molecule has 6 nitrogen and oxygen atoms in total. The van der Waals surface area contributed by atoms with Gasteiger partial charge in [0.05, 0.1) is 12.5 Å². The number of carbonyl (C=O) groups is 2. The Labute approximate surface area is 159 Å². The summed E-state index contributed by atoms with van der Waals surface area (Å²) in [4.78, 5) is 32.2. The number of likely N-dealkylation sites (tertiary alicyclic amines) is 1. The van der Waals surface area contributed by atoms with E-state index in [2.05, 4.69) is 4.98 Å². The minimum absolute atomic E-state index is 0.0382. The van der Waals surface area contributed by atoms with Gasteiger partial charge in [-0.2, -0.15) is 0 Å². The lowest BCUT2D eigenvalue weighted by Gasteiger charge is -2.22. The number of rotatable bonds is 6. The van der Waals surface area contributed by atoms with E-state index in [0.717, 1.165) is 16.7 Å². The third kappa shape index (κ3) is 4.52. The van der Waals surface area contributed by atoms with Gasteiger partial charge in [0, 0.05) is 37.9 Å². The van der Waals surface area contributed by atoms with Crippen molar-refractivity contribution in [2.45, 2.75) is 19.4 Å². The van der Waals surface area contributed by atoms with Crippen molar-refractivity contribution in [1.29, 1.82) is 0 Å². The lowest BCUT2D eigenvalue weighted by Crippen LogP contribution is -2.38. The monoisotopic (exact) mass is 367 g/mol. The van der Waals surface area contributed by atoms with Gasteiger partial charge in [-0.25, -0.2) is 0 Å². The van der Waals surface area contributed by atoms with Gasteiger partial charge in [-0.1, -0.05) is 30.3 Å². The van der Waals surface area contributed by atoms with E-state index in [1.165, 1.54) is 0 Å². The topological polar surface area (TPSA) is 73.7 Å². The Morgan fingerprint density at radius 1 is 1.22 bits per heavy atom. The van der Waals surface area contributed by atoms with Gasteiger partial charge in [0.2, 0.25) is 5.91 Å². The molecule has 142 valence electrons. The number of aromatic nitrogens is 1. The van der Waals surface area contributed by atoms with Crippen LogP contribution in [0.2, 0.25) is 0 Å². The van der Waals surface area contributed by atoms with Crippen LogP contribution in [0.15, 0.2) is 48.8 Å². The van der Waals surface area contributed by atoms with Crippen molar-refractivity contribution >= 4 is 11.9 Å². The summed E-state index contributed by atoms with van der Waals surface area (Å²) < 4.78 is 0. The molecule has 1 N–H and O–H groups in total. The molecule has 2 heterocycles. The van der Waals surface area contributed by atoms with Gasteiger partial charge in [0.1, 0.15) is 0 Å². The molecule has 1 aliphatic rings. The Morgan fingerprint density at radius 2 is 2.00 bits per heavy atom. The third-order valence-corrected chi connectivity index (χ3v) is 5.16. The standard InChI is InChI=1S/C21H25N3O3/c1-15-6-3-4-8-17(15)18-12-24(13-19(18)21(26)27)20(25)14-23(2)11-16-7-5-9-22-10-16/h3-10,18-19H,11-14H2,1-2H3,(H,26,27)/t18-,19+/m0/s1. The van der Waals surface area contributed by atoms with E-state index < -0.39 is 11.9 Å². The van der Waals surface area contributed by atoms with Crippen LogP contribution in [0.1, 0.15) is 22.6 Å². The fourth-order valence-corrected chi connectivity index (χ4v) is 3.77. The molecule has 0 radical (unpaired) electrons. The molecule has 6 heteroatoms. The summed E-state index contributed by atoms with van der Waals surface area (Å²) in [6, 6.07) is 11.7. The SMILES string of the molecule is Cc1ccccc1[C@@H]1CN(C(=O)CN(C)Cc2cccnc2)C[C@H]1C(=O)O. The van der Waals surface area contributed by atoms with E-state index in [9.17, 15) is 14.7 Å². The molecule has 1 aliphatic heterocycles. The fourth-order valence-electron chi connectivity index (χ4n) is 3.77. The smallest absolute Gasteiger partial charge is 0.308 e. The second-order valence-corrected chi connectivity index (χ2v) is 7.24. The first-order chi connectivity index (χ1) is 13.0. The van der Waals surface area contributed by atoms with Crippen molar-refractivity contribution in [3.05, 3.63) is 65.5 Å².